The van der Waals surface area contributed by atoms with Gasteiger partial charge >= 0.3 is 0 Å². The summed E-state index contributed by atoms with van der Waals surface area (Å²) < 4.78 is 0. The van der Waals surface area contributed by atoms with Crippen LogP contribution in [0.5, 0.6) is 0 Å². The number of para-hydroxylation sites is 2. The van der Waals surface area contributed by atoms with Crippen molar-refractivity contribution >= 4 is 28.0 Å². The van der Waals surface area contributed by atoms with Crippen molar-refractivity contribution in [2.45, 2.75) is 6.04 Å². The molecule has 36 heavy (non-hydrogen) atoms. The molecular weight excluding hydrogens is 448 g/mol. The SMILES string of the molecule is N#Cc1ccc2c(c1)C(NC(=O)c1ccnc3[nH]ccc13)c1cccc(-c3nc4ccccc4[nH]3)c1-2. The summed E-state index contributed by atoms with van der Waals surface area (Å²) in [6.07, 6.45) is 3.39. The maximum Gasteiger partial charge on any atom is 0.252 e. The molecular formula is C29H18N6O. The maximum absolute atomic E-state index is 13.5. The predicted octanol–water partition coefficient (Wildman–Crippen LogP) is 5.48. The van der Waals surface area contributed by atoms with E-state index in [-0.39, 0.29) is 5.91 Å². The second kappa shape index (κ2) is 7.65. The Kier molecular flexibility index (Phi) is 4.29. The van der Waals surface area contributed by atoms with Crippen molar-refractivity contribution in [2.75, 3.05) is 0 Å². The van der Waals surface area contributed by atoms with E-state index in [0.717, 1.165) is 50.1 Å². The number of hydrogen-bond acceptors (Lipinski definition) is 4. The third kappa shape index (κ3) is 2.95. The van der Waals surface area contributed by atoms with Gasteiger partial charge in [0, 0.05) is 23.3 Å². The molecule has 1 atom stereocenters. The Morgan fingerprint density at radius 1 is 0.972 bits per heavy atom. The molecule has 0 aliphatic heterocycles. The first kappa shape index (κ1) is 20.2. The lowest BCUT2D eigenvalue weighted by molar-refractivity contribution is 0.0945. The van der Waals surface area contributed by atoms with Crippen LogP contribution in [0.4, 0.5) is 0 Å². The number of fused-ring (bicyclic) bond motifs is 5. The minimum absolute atomic E-state index is 0.206. The summed E-state index contributed by atoms with van der Waals surface area (Å²) >= 11 is 0. The summed E-state index contributed by atoms with van der Waals surface area (Å²) in [6.45, 7) is 0. The van der Waals surface area contributed by atoms with Gasteiger partial charge in [-0.2, -0.15) is 5.26 Å². The zero-order valence-corrected chi connectivity index (χ0v) is 18.9. The first-order valence-corrected chi connectivity index (χ1v) is 11.6. The lowest BCUT2D eigenvalue weighted by Gasteiger charge is -2.17. The number of hydrogen-bond donors (Lipinski definition) is 3. The van der Waals surface area contributed by atoms with Crippen LogP contribution in [0.3, 0.4) is 0 Å². The Hall–Kier alpha value is -5.22. The van der Waals surface area contributed by atoms with E-state index < -0.39 is 6.04 Å². The molecule has 0 spiro atoms. The summed E-state index contributed by atoms with van der Waals surface area (Å²) in [7, 11) is 0. The van der Waals surface area contributed by atoms with Crippen LogP contribution in [0.1, 0.15) is 33.1 Å². The molecule has 3 aromatic carbocycles. The molecule has 6 aromatic rings. The highest BCUT2D eigenvalue weighted by Crippen LogP contribution is 2.48. The van der Waals surface area contributed by atoms with Gasteiger partial charge < -0.3 is 15.3 Å². The van der Waals surface area contributed by atoms with E-state index in [1.54, 1.807) is 18.5 Å². The van der Waals surface area contributed by atoms with Crippen molar-refractivity contribution in [2.24, 2.45) is 0 Å². The average molecular weight is 467 g/mol. The number of pyridine rings is 1. The molecule has 3 heterocycles. The van der Waals surface area contributed by atoms with Gasteiger partial charge in [0.05, 0.1) is 34.3 Å². The molecule has 0 saturated carbocycles. The number of carbonyl (C=O) groups is 1. The normalized spacial score (nSPS) is 13.9. The van der Waals surface area contributed by atoms with E-state index in [0.29, 0.717) is 16.8 Å². The van der Waals surface area contributed by atoms with Crippen molar-refractivity contribution in [3.8, 4) is 28.6 Å². The molecule has 0 radical (unpaired) electrons. The average Bonchev–Trinajstić information content (AvgIpc) is 3.64. The molecule has 0 saturated heterocycles. The van der Waals surface area contributed by atoms with Gasteiger partial charge in [-0.25, -0.2) is 9.97 Å². The maximum atomic E-state index is 13.5. The van der Waals surface area contributed by atoms with Gasteiger partial charge in [0.15, 0.2) is 0 Å². The predicted molar refractivity (Wildman–Crippen MR) is 137 cm³/mol. The fourth-order valence-corrected chi connectivity index (χ4v) is 5.18. The Bertz CT molecular complexity index is 1840. The molecule has 3 aromatic heterocycles. The molecule has 3 N–H and O–H groups in total. The Morgan fingerprint density at radius 3 is 2.78 bits per heavy atom. The summed E-state index contributed by atoms with van der Waals surface area (Å²) in [5.74, 6) is 0.556. The van der Waals surface area contributed by atoms with Gasteiger partial charge in [-0.05, 0) is 58.7 Å². The fourth-order valence-electron chi connectivity index (χ4n) is 5.18. The van der Waals surface area contributed by atoms with Crippen LogP contribution in [-0.4, -0.2) is 25.8 Å². The molecule has 170 valence electrons. The first-order chi connectivity index (χ1) is 17.7. The number of nitrogens with zero attached hydrogens (tertiary/aromatic N) is 3. The van der Waals surface area contributed by atoms with Gasteiger partial charge in [-0.1, -0.05) is 36.4 Å². The van der Waals surface area contributed by atoms with E-state index in [1.807, 2.05) is 66.7 Å². The van der Waals surface area contributed by atoms with Crippen LogP contribution in [-0.2, 0) is 0 Å². The standard InChI is InChI=1S/C29H18N6O/c30-15-16-8-9-17-22(14-16)26(35-29(36)19-11-13-32-27-18(19)10-12-31-27)20-4-3-5-21(25(17)20)28-33-23-6-1-2-7-24(23)34-28/h1-14,26H,(H,31,32)(H,33,34)(H,35,36). The number of aromatic nitrogens is 4. The van der Waals surface area contributed by atoms with Crippen molar-refractivity contribution in [3.05, 3.63) is 107 Å². The first-order valence-electron chi connectivity index (χ1n) is 11.6. The Morgan fingerprint density at radius 2 is 1.89 bits per heavy atom. The van der Waals surface area contributed by atoms with Crippen LogP contribution in [0.25, 0.3) is 44.6 Å². The smallest absolute Gasteiger partial charge is 0.252 e. The van der Waals surface area contributed by atoms with Crippen LogP contribution in [0.15, 0.2) is 85.2 Å². The number of aromatic amines is 2. The highest BCUT2D eigenvalue weighted by atomic mass is 16.1. The summed E-state index contributed by atoms with van der Waals surface area (Å²) in [5, 5.41) is 13.6. The van der Waals surface area contributed by atoms with Gasteiger partial charge in [-0.15, -0.1) is 0 Å². The molecule has 7 nitrogen and oxygen atoms in total. The van der Waals surface area contributed by atoms with Crippen molar-refractivity contribution in [1.29, 1.82) is 5.26 Å². The highest BCUT2D eigenvalue weighted by Gasteiger charge is 2.33. The summed E-state index contributed by atoms with van der Waals surface area (Å²) in [4.78, 5) is 29.1. The number of amides is 1. The molecule has 1 aliphatic carbocycles. The number of rotatable bonds is 3. The molecule has 1 amide bonds. The Labute approximate surface area is 205 Å². The van der Waals surface area contributed by atoms with Gasteiger partial charge in [-0.3, -0.25) is 4.79 Å². The quantitative estimate of drug-likeness (QED) is 0.321. The van der Waals surface area contributed by atoms with Gasteiger partial charge in [0.25, 0.3) is 5.91 Å². The number of nitriles is 1. The fraction of sp³-hybridized carbons (Fsp3) is 0.0345. The second-order valence-corrected chi connectivity index (χ2v) is 8.79. The van der Waals surface area contributed by atoms with E-state index >= 15 is 0 Å². The molecule has 1 unspecified atom stereocenters. The molecule has 1 aliphatic rings. The number of imidazole rings is 1. The molecule has 0 bridgehead atoms. The van der Waals surface area contributed by atoms with Crippen molar-refractivity contribution in [3.63, 3.8) is 0 Å². The zero-order chi connectivity index (χ0) is 24.2. The molecule has 7 rings (SSSR count). The largest absolute Gasteiger partial charge is 0.346 e. The molecule has 0 fully saturated rings. The van der Waals surface area contributed by atoms with Crippen molar-refractivity contribution in [1.82, 2.24) is 25.3 Å². The van der Waals surface area contributed by atoms with E-state index in [1.165, 1.54) is 0 Å². The van der Waals surface area contributed by atoms with E-state index in [2.05, 4.69) is 26.3 Å². The van der Waals surface area contributed by atoms with Crippen LogP contribution in [0, 0.1) is 11.3 Å². The highest BCUT2D eigenvalue weighted by molar-refractivity contribution is 6.06. The summed E-state index contributed by atoms with van der Waals surface area (Å²) in [5.41, 5.74) is 8.38. The van der Waals surface area contributed by atoms with Crippen LogP contribution >= 0.6 is 0 Å². The van der Waals surface area contributed by atoms with Crippen molar-refractivity contribution < 1.29 is 4.79 Å². The summed E-state index contributed by atoms with van der Waals surface area (Å²) in [6, 6.07) is 25.0. The second-order valence-electron chi connectivity index (χ2n) is 8.79. The number of benzene rings is 3. The van der Waals surface area contributed by atoms with E-state index in [9.17, 15) is 10.1 Å². The third-order valence-corrected chi connectivity index (χ3v) is 6.79. The van der Waals surface area contributed by atoms with Crippen LogP contribution < -0.4 is 5.32 Å². The number of carbonyl (C=O) groups excluding carboxylic acids is 1. The zero-order valence-electron chi connectivity index (χ0n) is 18.9. The van der Waals surface area contributed by atoms with E-state index in [4.69, 9.17) is 4.98 Å². The van der Waals surface area contributed by atoms with Gasteiger partial charge in [0.2, 0.25) is 0 Å². The lowest BCUT2D eigenvalue weighted by atomic mass is 9.98. The Balaban J connectivity index is 1.39. The minimum Gasteiger partial charge on any atom is -0.346 e. The molecule has 7 heteroatoms. The lowest BCUT2D eigenvalue weighted by Crippen LogP contribution is -2.28. The monoisotopic (exact) mass is 466 g/mol. The number of H-pyrrole nitrogens is 2. The number of nitrogens with one attached hydrogen (secondary N) is 3. The third-order valence-electron chi connectivity index (χ3n) is 6.79. The van der Waals surface area contributed by atoms with Crippen LogP contribution in [0.2, 0.25) is 0 Å². The topological polar surface area (TPSA) is 110 Å². The van der Waals surface area contributed by atoms with Gasteiger partial charge in [0.1, 0.15) is 11.5 Å². The minimum atomic E-state index is -0.415.